The van der Waals surface area contributed by atoms with E-state index in [4.69, 9.17) is 14.0 Å². The lowest BCUT2D eigenvalue weighted by atomic mass is 9.86. The van der Waals surface area contributed by atoms with Gasteiger partial charge in [0.2, 0.25) is 0 Å². The minimum Gasteiger partial charge on any atom is -0.381 e. The molecule has 1 saturated heterocycles. The highest BCUT2D eigenvalue weighted by Crippen LogP contribution is 2.45. The van der Waals surface area contributed by atoms with Gasteiger partial charge >= 0.3 is 7.60 Å². The number of ether oxygens (including phenoxy) is 2. The van der Waals surface area contributed by atoms with E-state index in [1.54, 1.807) is 13.8 Å². The van der Waals surface area contributed by atoms with E-state index >= 15 is 0 Å². The Morgan fingerprint density at radius 3 is 2.40 bits per heavy atom. The van der Waals surface area contributed by atoms with Crippen LogP contribution in [0.2, 0.25) is 0 Å². The van der Waals surface area contributed by atoms with E-state index in [1.165, 1.54) is 0 Å². The topological polar surface area (TPSA) is 65.0 Å². The standard InChI is InChI=1S/C13H28BO5P/c1-8(2)17-12-10(5)13(14)18-11(12)6-7-20(15,16)19-9(3)4/h8-13H,6-7,14H2,1-5H3,(H,15,16)/t10-,11+,12?,13+/m0/s1. The second-order valence-corrected chi connectivity index (χ2v) is 8.13. The highest BCUT2D eigenvalue weighted by molar-refractivity contribution is 7.52. The average Bonchev–Trinajstić information content (AvgIpc) is 2.52. The van der Waals surface area contributed by atoms with Crippen LogP contribution < -0.4 is 0 Å². The molecule has 1 fully saturated rings. The van der Waals surface area contributed by atoms with Crippen LogP contribution in [0.25, 0.3) is 0 Å². The van der Waals surface area contributed by atoms with E-state index in [0.717, 1.165) is 0 Å². The zero-order chi connectivity index (χ0) is 15.5. The molecular formula is C13H28BO5P. The summed E-state index contributed by atoms with van der Waals surface area (Å²) in [6.07, 6.45) is 0.282. The van der Waals surface area contributed by atoms with Crippen LogP contribution in [0.15, 0.2) is 0 Å². The van der Waals surface area contributed by atoms with Crippen LogP contribution in [0.3, 0.4) is 0 Å². The molecule has 0 saturated carbocycles. The minimum atomic E-state index is -3.54. The van der Waals surface area contributed by atoms with E-state index in [-0.39, 0.29) is 42.5 Å². The maximum absolute atomic E-state index is 11.9. The summed E-state index contributed by atoms with van der Waals surface area (Å²) in [4.78, 5) is 9.78. The number of hydrogen-bond donors (Lipinski definition) is 1. The van der Waals surface area contributed by atoms with Crippen LogP contribution in [0.4, 0.5) is 0 Å². The molecule has 1 rings (SSSR count). The van der Waals surface area contributed by atoms with Crippen molar-refractivity contribution in [1.29, 1.82) is 0 Å². The third-order valence-corrected chi connectivity index (χ3v) is 5.09. The Labute approximate surface area is 123 Å². The van der Waals surface area contributed by atoms with Crippen LogP contribution in [-0.2, 0) is 18.6 Å². The van der Waals surface area contributed by atoms with Crippen molar-refractivity contribution in [2.45, 2.75) is 71.5 Å². The van der Waals surface area contributed by atoms with Gasteiger partial charge in [0.05, 0.1) is 30.6 Å². The van der Waals surface area contributed by atoms with Crippen molar-refractivity contribution in [3.63, 3.8) is 0 Å². The molecule has 2 unspecified atom stereocenters. The summed E-state index contributed by atoms with van der Waals surface area (Å²) >= 11 is 0. The Morgan fingerprint density at radius 1 is 1.30 bits per heavy atom. The third kappa shape index (κ3) is 5.49. The van der Waals surface area contributed by atoms with Crippen molar-refractivity contribution in [2.75, 3.05) is 6.16 Å². The lowest BCUT2D eigenvalue weighted by molar-refractivity contribution is -0.0483. The van der Waals surface area contributed by atoms with Crippen molar-refractivity contribution in [2.24, 2.45) is 5.92 Å². The molecule has 5 nitrogen and oxygen atoms in total. The summed E-state index contributed by atoms with van der Waals surface area (Å²) in [6, 6.07) is 0.104. The highest BCUT2D eigenvalue weighted by atomic mass is 31.2. The quantitative estimate of drug-likeness (QED) is 0.574. The van der Waals surface area contributed by atoms with E-state index in [0.29, 0.717) is 6.42 Å². The van der Waals surface area contributed by atoms with Crippen molar-refractivity contribution < 1.29 is 23.5 Å². The fraction of sp³-hybridized carbons (Fsp3) is 1.00. The van der Waals surface area contributed by atoms with E-state index in [2.05, 4.69) is 6.92 Å². The Morgan fingerprint density at radius 2 is 1.90 bits per heavy atom. The zero-order valence-electron chi connectivity index (χ0n) is 13.4. The zero-order valence-corrected chi connectivity index (χ0v) is 14.3. The van der Waals surface area contributed by atoms with Gasteiger partial charge in [-0.2, -0.15) is 0 Å². The molecule has 0 aliphatic carbocycles. The average molecular weight is 306 g/mol. The molecule has 5 atom stereocenters. The Balaban J connectivity index is 2.59. The van der Waals surface area contributed by atoms with Crippen molar-refractivity contribution in [3.05, 3.63) is 0 Å². The van der Waals surface area contributed by atoms with Gasteiger partial charge in [0, 0.05) is 11.9 Å². The molecule has 7 heteroatoms. The highest BCUT2D eigenvalue weighted by Gasteiger charge is 2.41. The molecule has 118 valence electrons. The first kappa shape index (κ1) is 18.2. The Bertz CT molecular complexity index is 350. The van der Waals surface area contributed by atoms with Crippen LogP contribution >= 0.6 is 7.60 Å². The van der Waals surface area contributed by atoms with Gasteiger partial charge < -0.3 is 18.9 Å². The lowest BCUT2D eigenvalue weighted by Crippen LogP contribution is -2.32. The largest absolute Gasteiger partial charge is 0.381 e. The summed E-state index contributed by atoms with van der Waals surface area (Å²) in [6.45, 7) is 9.59. The SMILES string of the molecule is B[C@@H]1O[C@H](CCP(=O)(O)OC(C)C)C(OC(C)C)[C@@H]1C. The molecule has 0 aromatic heterocycles. The Kier molecular flexibility index (Phi) is 6.74. The van der Waals surface area contributed by atoms with Gasteiger partial charge in [0.15, 0.2) is 0 Å². The smallest absolute Gasteiger partial charge is 0.328 e. The predicted octanol–water partition coefficient (Wildman–Crippen LogP) is 1.77. The summed E-state index contributed by atoms with van der Waals surface area (Å²) < 4.78 is 28.8. The van der Waals surface area contributed by atoms with Gasteiger partial charge in [-0.3, -0.25) is 4.57 Å². The van der Waals surface area contributed by atoms with E-state index in [9.17, 15) is 9.46 Å². The maximum Gasteiger partial charge on any atom is 0.328 e. The number of rotatable bonds is 7. The van der Waals surface area contributed by atoms with Crippen molar-refractivity contribution >= 4 is 15.4 Å². The first-order chi connectivity index (χ1) is 9.12. The molecule has 0 spiro atoms. The first-order valence-corrected chi connectivity index (χ1v) is 9.19. The molecule has 0 amide bonds. The summed E-state index contributed by atoms with van der Waals surface area (Å²) in [5.41, 5.74) is 0. The van der Waals surface area contributed by atoms with Gasteiger partial charge in [-0.25, -0.2) is 0 Å². The van der Waals surface area contributed by atoms with Crippen molar-refractivity contribution in [1.82, 2.24) is 0 Å². The third-order valence-electron chi connectivity index (χ3n) is 3.52. The molecule has 1 aliphatic rings. The molecule has 1 N–H and O–H groups in total. The van der Waals surface area contributed by atoms with Gasteiger partial charge in [-0.05, 0) is 34.1 Å². The first-order valence-electron chi connectivity index (χ1n) is 7.43. The summed E-state index contributed by atoms with van der Waals surface area (Å²) in [5, 5.41) is 0. The molecule has 0 aromatic carbocycles. The van der Waals surface area contributed by atoms with Crippen LogP contribution in [0.5, 0.6) is 0 Å². The lowest BCUT2D eigenvalue weighted by Gasteiger charge is -2.25. The maximum atomic E-state index is 11.9. The van der Waals surface area contributed by atoms with Gasteiger partial charge in [-0.15, -0.1) is 0 Å². The van der Waals surface area contributed by atoms with Crippen LogP contribution in [-0.4, -0.2) is 49.3 Å². The Hall–Kier alpha value is 0.135. The molecule has 0 bridgehead atoms. The predicted molar refractivity (Wildman–Crippen MR) is 81.9 cm³/mol. The molecular weight excluding hydrogens is 278 g/mol. The summed E-state index contributed by atoms with van der Waals surface area (Å²) in [5.74, 6) is 0.284. The molecule has 0 radical (unpaired) electrons. The molecule has 20 heavy (non-hydrogen) atoms. The molecule has 0 aromatic rings. The second-order valence-electron chi connectivity index (χ2n) is 6.19. The fourth-order valence-electron chi connectivity index (χ4n) is 2.51. The van der Waals surface area contributed by atoms with Gasteiger partial charge in [-0.1, -0.05) is 6.92 Å². The van der Waals surface area contributed by atoms with Crippen molar-refractivity contribution in [3.8, 4) is 0 Å². The van der Waals surface area contributed by atoms with Crippen LogP contribution in [0.1, 0.15) is 41.0 Å². The van der Waals surface area contributed by atoms with Gasteiger partial charge in [0.1, 0.15) is 7.85 Å². The normalized spacial score (nSPS) is 33.8. The fourth-order valence-corrected chi connectivity index (χ4v) is 3.86. The van der Waals surface area contributed by atoms with Gasteiger partial charge in [0.25, 0.3) is 0 Å². The molecule has 1 aliphatic heterocycles. The van der Waals surface area contributed by atoms with E-state index < -0.39 is 7.60 Å². The summed E-state index contributed by atoms with van der Waals surface area (Å²) in [7, 11) is -1.52. The van der Waals surface area contributed by atoms with Crippen LogP contribution in [0, 0.1) is 5.92 Å². The minimum absolute atomic E-state index is 0.0240. The monoisotopic (exact) mass is 306 g/mol. The van der Waals surface area contributed by atoms with E-state index in [1.807, 2.05) is 21.7 Å². The second kappa shape index (κ2) is 7.41. The number of hydrogen-bond acceptors (Lipinski definition) is 4. The molecule has 1 heterocycles.